The lowest BCUT2D eigenvalue weighted by Gasteiger charge is -2.25. The highest BCUT2D eigenvalue weighted by Crippen LogP contribution is 2.53. The molecule has 2 heterocycles. The molecule has 3 aromatic rings. The van der Waals surface area contributed by atoms with Gasteiger partial charge in [-0.2, -0.15) is 8.42 Å². The summed E-state index contributed by atoms with van der Waals surface area (Å²) in [6.45, 7) is 5.41. The SMILES string of the molecule is Cc1ccc(CN2CC3(CC/C(=N\OS(=O)(=O)c4ccc(C)cc4)C3)c3c2ncc(Br)c3Cl)cc1. The fourth-order valence-corrected chi connectivity index (χ4v) is 6.35. The molecule has 35 heavy (non-hydrogen) atoms. The van der Waals surface area contributed by atoms with E-state index in [2.05, 4.69) is 57.2 Å². The van der Waals surface area contributed by atoms with Gasteiger partial charge in [0.1, 0.15) is 10.7 Å². The summed E-state index contributed by atoms with van der Waals surface area (Å²) >= 11 is 10.3. The zero-order valence-electron chi connectivity index (χ0n) is 19.5. The second-order valence-corrected chi connectivity index (χ2v) is 12.2. The first-order valence-electron chi connectivity index (χ1n) is 11.4. The molecule has 1 unspecified atom stereocenters. The Kier molecular flexibility index (Phi) is 6.40. The maximum atomic E-state index is 12.6. The topological polar surface area (TPSA) is 71.9 Å². The van der Waals surface area contributed by atoms with Crippen molar-refractivity contribution in [1.29, 1.82) is 0 Å². The second-order valence-electron chi connectivity index (χ2n) is 9.42. The van der Waals surface area contributed by atoms with Crippen LogP contribution in [0.3, 0.4) is 0 Å². The standard InChI is InChI=1S/C26H25BrClN3O3S/c1-17-3-7-19(8-4-17)15-31-16-26(23-24(28)22(27)14-29-25(23)31)12-11-20(13-26)30-34-35(32,33)21-9-5-18(2)6-10-21/h3-10,14H,11-13,15-16H2,1-2H3/b30-20+. The monoisotopic (exact) mass is 573 g/mol. The third-order valence-corrected chi connectivity index (χ3v) is 9.12. The zero-order valence-corrected chi connectivity index (χ0v) is 22.6. The fourth-order valence-electron chi connectivity index (χ4n) is 4.96. The van der Waals surface area contributed by atoms with Crippen LogP contribution in [0.25, 0.3) is 0 Å². The average Bonchev–Trinajstić information content (AvgIpc) is 3.38. The molecule has 1 aliphatic carbocycles. The summed E-state index contributed by atoms with van der Waals surface area (Å²) in [6.07, 6.45) is 3.72. The first-order valence-corrected chi connectivity index (χ1v) is 14.0. The molecule has 2 aliphatic rings. The molecule has 0 N–H and O–H groups in total. The van der Waals surface area contributed by atoms with Crippen LogP contribution >= 0.6 is 27.5 Å². The summed E-state index contributed by atoms with van der Waals surface area (Å²) in [5.74, 6) is 0.869. The molecule has 1 atom stereocenters. The maximum absolute atomic E-state index is 12.6. The summed E-state index contributed by atoms with van der Waals surface area (Å²) in [7, 11) is -3.97. The minimum Gasteiger partial charge on any atom is -0.351 e. The first kappa shape index (κ1) is 24.3. The van der Waals surface area contributed by atoms with Gasteiger partial charge in [-0.25, -0.2) is 4.98 Å². The van der Waals surface area contributed by atoms with Crippen molar-refractivity contribution in [3.8, 4) is 0 Å². The molecular weight excluding hydrogens is 550 g/mol. The molecule has 9 heteroatoms. The highest BCUT2D eigenvalue weighted by atomic mass is 79.9. The van der Waals surface area contributed by atoms with Crippen LogP contribution in [0.2, 0.25) is 5.02 Å². The number of rotatable bonds is 5. The Bertz CT molecular complexity index is 1410. The van der Waals surface area contributed by atoms with Crippen molar-refractivity contribution in [1.82, 2.24) is 4.98 Å². The summed E-state index contributed by atoms with van der Waals surface area (Å²) in [5.41, 5.74) is 4.78. The normalized spacial score (nSPS) is 20.6. The van der Waals surface area contributed by atoms with E-state index >= 15 is 0 Å². The predicted molar refractivity (Wildman–Crippen MR) is 142 cm³/mol. The molecule has 182 valence electrons. The summed E-state index contributed by atoms with van der Waals surface area (Å²) in [6, 6.07) is 15.0. The van der Waals surface area contributed by atoms with Gasteiger partial charge in [-0.15, -0.1) is 0 Å². The summed E-state index contributed by atoms with van der Waals surface area (Å²) in [5, 5.41) is 4.74. The highest BCUT2D eigenvalue weighted by molar-refractivity contribution is 9.10. The molecule has 1 fully saturated rings. The molecule has 1 aromatic heterocycles. The number of benzene rings is 2. The Morgan fingerprint density at radius 3 is 2.46 bits per heavy atom. The third kappa shape index (κ3) is 4.71. The minimum absolute atomic E-state index is 0.0896. The van der Waals surface area contributed by atoms with E-state index in [1.807, 2.05) is 6.92 Å². The van der Waals surface area contributed by atoms with Crippen LogP contribution < -0.4 is 4.90 Å². The van der Waals surface area contributed by atoms with Gasteiger partial charge >= 0.3 is 10.1 Å². The van der Waals surface area contributed by atoms with Gasteiger partial charge in [-0.05, 0) is 60.3 Å². The van der Waals surface area contributed by atoms with Gasteiger partial charge in [0.15, 0.2) is 0 Å². The van der Waals surface area contributed by atoms with Crippen molar-refractivity contribution < 1.29 is 12.7 Å². The summed E-state index contributed by atoms with van der Waals surface area (Å²) in [4.78, 5) is 7.06. The van der Waals surface area contributed by atoms with Crippen LogP contribution in [0.5, 0.6) is 0 Å². The number of hydrogen-bond acceptors (Lipinski definition) is 6. The van der Waals surface area contributed by atoms with Crippen LogP contribution in [-0.4, -0.2) is 25.7 Å². The van der Waals surface area contributed by atoms with Crippen molar-refractivity contribution in [2.24, 2.45) is 5.16 Å². The van der Waals surface area contributed by atoms with E-state index in [9.17, 15) is 8.42 Å². The van der Waals surface area contributed by atoms with Gasteiger partial charge in [0.05, 0.1) is 15.2 Å². The number of aryl methyl sites for hydroxylation is 2. The first-order chi connectivity index (χ1) is 16.7. The van der Waals surface area contributed by atoms with Crippen molar-refractivity contribution >= 4 is 49.2 Å². The fraction of sp³-hybridized carbons (Fsp3) is 0.308. The number of nitrogens with zero attached hydrogens (tertiary/aromatic N) is 3. The third-order valence-electron chi connectivity index (χ3n) is 6.78. The zero-order chi connectivity index (χ0) is 24.8. The lowest BCUT2D eigenvalue weighted by atomic mass is 9.81. The van der Waals surface area contributed by atoms with Crippen LogP contribution in [0, 0.1) is 13.8 Å². The molecule has 0 saturated heterocycles. The van der Waals surface area contributed by atoms with Gasteiger partial charge in [0.25, 0.3) is 0 Å². The number of fused-ring (bicyclic) bond motifs is 2. The number of aromatic nitrogens is 1. The van der Waals surface area contributed by atoms with Crippen molar-refractivity contribution in [3.63, 3.8) is 0 Å². The molecule has 1 aliphatic heterocycles. The minimum atomic E-state index is -3.97. The van der Waals surface area contributed by atoms with E-state index in [0.717, 1.165) is 34.4 Å². The van der Waals surface area contributed by atoms with Crippen molar-refractivity contribution in [2.45, 2.75) is 50.0 Å². The number of oxime groups is 1. The Morgan fingerprint density at radius 2 is 1.77 bits per heavy atom. The highest BCUT2D eigenvalue weighted by Gasteiger charge is 2.49. The largest absolute Gasteiger partial charge is 0.358 e. The Hall–Kier alpha value is -2.42. The Labute approximate surface area is 219 Å². The van der Waals surface area contributed by atoms with Gasteiger partial charge in [0, 0.05) is 36.7 Å². The average molecular weight is 575 g/mol. The smallest absolute Gasteiger partial charge is 0.351 e. The van der Waals surface area contributed by atoms with Gasteiger partial charge in [-0.1, -0.05) is 64.3 Å². The van der Waals surface area contributed by atoms with Gasteiger partial charge in [0.2, 0.25) is 0 Å². The van der Waals surface area contributed by atoms with Gasteiger partial charge < -0.3 is 4.90 Å². The molecule has 1 saturated carbocycles. The lowest BCUT2D eigenvalue weighted by molar-refractivity contribution is 0.337. The maximum Gasteiger partial charge on any atom is 0.358 e. The predicted octanol–water partition coefficient (Wildman–Crippen LogP) is 6.32. The number of hydrogen-bond donors (Lipinski definition) is 0. The summed E-state index contributed by atoms with van der Waals surface area (Å²) < 4.78 is 31.1. The molecule has 2 aromatic carbocycles. The lowest BCUT2D eigenvalue weighted by Crippen LogP contribution is -2.31. The second kappa shape index (κ2) is 9.22. The van der Waals surface area contributed by atoms with Crippen LogP contribution in [0.4, 0.5) is 5.82 Å². The van der Waals surface area contributed by atoms with Crippen LogP contribution in [0.15, 0.2) is 69.3 Å². The molecule has 1 spiro atoms. The van der Waals surface area contributed by atoms with Crippen molar-refractivity contribution in [2.75, 3.05) is 11.4 Å². The van der Waals surface area contributed by atoms with E-state index in [1.54, 1.807) is 18.3 Å². The Morgan fingerprint density at radius 1 is 1.11 bits per heavy atom. The van der Waals surface area contributed by atoms with Gasteiger partial charge in [-0.3, -0.25) is 4.28 Å². The molecule has 0 amide bonds. The molecule has 0 radical (unpaired) electrons. The van der Waals surface area contributed by atoms with E-state index < -0.39 is 10.1 Å². The Balaban J connectivity index is 1.41. The molecule has 0 bridgehead atoms. The quantitative estimate of drug-likeness (QED) is 0.334. The van der Waals surface area contributed by atoms with E-state index in [4.69, 9.17) is 20.9 Å². The van der Waals surface area contributed by atoms with E-state index in [0.29, 0.717) is 30.1 Å². The number of halogens is 2. The number of pyridine rings is 1. The molecule has 5 rings (SSSR count). The van der Waals surface area contributed by atoms with Crippen molar-refractivity contribution in [3.05, 3.63) is 86.5 Å². The van der Waals surface area contributed by atoms with E-state index in [1.165, 1.54) is 23.3 Å². The molecule has 6 nitrogen and oxygen atoms in total. The molecular formula is C26H25BrClN3O3S. The van der Waals surface area contributed by atoms with Crippen LogP contribution in [-0.2, 0) is 26.4 Å². The van der Waals surface area contributed by atoms with E-state index in [-0.39, 0.29) is 10.3 Å². The van der Waals surface area contributed by atoms with Crippen LogP contribution in [0.1, 0.15) is 41.5 Å². The number of anilines is 1.